The maximum atomic E-state index is 12.3. The Morgan fingerprint density at radius 3 is 2.52 bits per heavy atom. The highest BCUT2D eigenvalue weighted by Gasteiger charge is 2.11. The summed E-state index contributed by atoms with van der Waals surface area (Å²) in [6.07, 6.45) is 10.0. The van der Waals surface area contributed by atoms with Crippen LogP contribution in [-0.2, 0) is 18.3 Å². The zero-order valence-corrected chi connectivity index (χ0v) is 17.1. The number of benzene rings is 2. The Morgan fingerprint density at radius 1 is 0.968 bits per heavy atom. The van der Waals surface area contributed by atoms with Crippen molar-refractivity contribution >= 4 is 17.1 Å². The molecule has 0 spiro atoms. The lowest BCUT2D eigenvalue weighted by Crippen LogP contribution is -2.14. The fourth-order valence-electron chi connectivity index (χ4n) is 3.69. The van der Waals surface area contributed by atoms with Crippen molar-refractivity contribution in [3.63, 3.8) is 0 Å². The number of aromatic nitrogens is 4. The monoisotopic (exact) mass is 407 g/mol. The third kappa shape index (κ3) is 3.96. The smallest absolute Gasteiger partial charge is 0.228 e. The van der Waals surface area contributed by atoms with Crippen LogP contribution in [-0.4, -0.2) is 25.1 Å². The van der Waals surface area contributed by atoms with Gasteiger partial charge in [0.05, 0.1) is 23.8 Å². The summed E-state index contributed by atoms with van der Waals surface area (Å²) in [4.78, 5) is 16.9. The predicted molar refractivity (Wildman–Crippen MR) is 122 cm³/mol. The Bertz CT molecular complexity index is 1350. The van der Waals surface area contributed by atoms with Crippen LogP contribution in [0.3, 0.4) is 0 Å². The van der Waals surface area contributed by atoms with Gasteiger partial charge in [0.1, 0.15) is 0 Å². The third-order valence-corrected chi connectivity index (χ3v) is 5.21. The average molecular weight is 407 g/mol. The molecule has 152 valence electrons. The first-order valence-corrected chi connectivity index (χ1v) is 10.1. The number of anilines is 1. The standard InChI is InChI=1S/C25H21N5O/c1-29-16-21(15-27-29)20-14-23-25(26-11-12-30(23)17-20)19-7-9-22(10-8-19)28-24(31)13-18-5-3-2-4-6-18/h2-12,14-17H,13H2,1H3,(H,28,31). The number of carbonyl (C=O) groups is 1. The molecule has 5 rings (SSSR count). The minimum absolute atomic E-state index is 0.0353. The topological polar surface area (TPSA) is 64.2 Å². The van der Waals surface area contributed by atoms with Gasteiger partial charge in [-0.05, 0) is 23.8 Å². The fourth-order valence-corrected chi connectivity index (χ4v) is 3.69. The van der Waals surface area contributed by atoms with Gasteiger partial charge in [-0.25, -0.2) is 0 Å². The molecule has 3 aromatic heterocycles. The second kappa shape index (κ2) is 7.91. The van der Waals surface area contributed by atoms with Crippen LogP contribution in [0.4, 0.5) is 5.69 Å². The number of fused-ring (bicyclic) bond motifs is 1. The fraction of sp³-hybridized carbons (Fsp3) is 0.0800. The Balaban J connectivity index is 1.38. The van der Waals surface area contributed by atoms with Gasteiger partial charge in [0.2, 0.25) is 5.91 Å². The SMILES string of the molecule is Cn1cc(-c2cc3c(-c4ccc(NC(=O)Cc5ccccc5)cc4)nccn3c2)cn1. The molecule has 0 unspecified atom stereocenters. The molecule has 2 aromatic carbocycles. The van der Waals surface area contributed by atoms with Gasteiger partial charge in [-0.1, -0.05) is 42.5 Å². The highest BCUT2D eigenvalue weighted by molar-refractivity contribution is 5.92. The number of aryl methyl sites for hydroxylation is 1. The van der Waals surface area contributed by atoms with Gasteiger partial charge in [-0.2, -0.15) is 5.10 Å². The molecule has 0 bridgehead atoms. The van der Waals surface area contributed by atoms with E-state index in [0.29, 0.717) is 6.42 Å². The number of hydrogen-bond acceptors (Lipinski definition) is 3. The Labute approximate surface area is 179 Å². The first kappa shape index (κ1) is 18.8. The molecule has 1 amide bonds. The summed E-state index contributed by atoms with van der Waals surface area (Å²) < 4.78 is 3.86. The number of rotatable bonds is 5. The number of carbonyl (C=O) groups excluding carboxylic acids is 1. The van der Waals surface area contributed by atoms with Crippen LogP contribution in [0.25, 0.3) is 27.9 Å². The summed E-state index contributed by atoms with van der Waals surface area (Å²) in [5, 5.41) is 7.22. The average Bonchev–Trinajstić information content (AvgIpc) is 3.41. The lowest BCUT2D eigenvalue weighted by atomic mass is 10.1. The lowest BCUT2D eigenvalue weighted by molar-refractivity contribution is -0.115. The van der Waals surface area contributed by atoms with E-state index in [0.717, 1.165) is 39.2 Å². The summed E-state index contributed by atoms with van der Waals surface area (Å²) in [7, 11) is 1.91. The van der Waals surface area contributed by atoms with Gasteiger partial charge in [0, 0.05) is 54.2 Å². The predicted octanol–water partition coefficient (Wildman–Crippen LogP) is 4.58. The summed E-state index contributed by atoms with van der Waals surface area (Å²) in [5.41, 5.74) is 6.80. The Kier molecular flexibility index (Phi) is 4.80. The third-order valence-electron chi connectivity index (χ3n) is 5.21. The molecule has 0 fully saturated rings. The molecule has 3 heterocycles. The number of hydrogen-bond donors (Lipinski definition) is 1. The molecule has 0 radical (unpaired) electrons. The van der Waals surface area contributed by atoms with Gasteiger partial charge in [0.25, 0.3) is 0 Å². The Hall–Kier alpha value is -4.19. The molecule has 0 aliphatic carbocycles. The first-order chi connectivity index (χ1) is 15.2. The molecule has 0 aliphatic heterocycles. The molecule has 5 aromatic rings. The van der Waals surface area contributed by atoms with Crippen LogP contribution in [0, 0.1) is 0 Å². The normalized spacial score (nSPS) is 11.0. The second-order valence-electron chi connectivity index (χ2n) is 7.49. The Morgan fingerprint density at radius 2 is 1.77 bits per heavy atom. The molecule has 1 N–H and O–H groups in total. The molecular weight excluding hydrogens is 386 g/mol. The maximum absolute atomic E-state index is 12.3. The molecule has 0 aliphatic rings. The van der Waals surface area contributed by atoms with Crippen molar-refractivity contribution in [3.05, 3.63) is 97.2 Å². The molecule has 0 saturated heterocycles. The van der Waals surface area contributed by atoms with Crippen LogP contribution in [0.5, 0.6) is 0 Å². The van der Waals surface area contributed by atoms with E-state index in [9.17, 15) is 4.79 Å². The molecule has 0 atom stereocenters. The van der Waals surface area contributed by atoms with Gasteiger partial charge in [-0.15, -0.1) is 0 Å². The summed E-state index contributed by atoms with van der Waals surface area (Å²) >= 11 is 0. The quantitative estimate of drug-likeness (QED) is 0.464. The number of nitrogens with zero attached hydrogens (tertiary/aromatic N) is 4. The first-order valence-electron chi connectivity index (χ1n) is 10.1. The van der Waals surface area contributed by atoms with Crippen molar-refractivity contribution in [2.24, 2.45) is 7.05 Å². The summed E-state index contributed by atoms with van der Waals surface area (Å²) in [6.45, 7) is 0. The van der Waals surface area contributed by atoms with Gasteiger partial charge in [-0.3, -0.25) is 14.5 Å². The zero-order chi connectivity index (χ0) is 21.2. The molecule has 0 saturated carbocycles. The second-order valence-corrected chi connectivity index (χ2v) is 7.49. The highest BCUT2D eigenvalue weighted by atomic mass is 16.1. The van der Waals surface area contributed by atoms with Crippen molar-refractivity contribution in [1.82, 2.24) is 19.2 Å². The van der Waals surface area contributed by atoms with E-state index in [1.54, 1.807) is 10.9 Å². The van der Waals surface area contributed by atoms with Crippen molar-refractivity contribution in [2.45, 2.75) is 6.42 Å². The van der Waals surface area contributed by atoms with Gasteiger partial charge < -0.3 is 9.72 Å². The highest BCUT2D eigenvalue weighted by Crippen LogP contribution is 2.29. The van der Waals surface area contributed by atoms with E-state index in [1.165, 1.54) is 0 Å². The van der Waals surface area contributed by atoms with E-state index < -0.39 is 0 Å². The van der Waals surface area contributed by atoms with Crippen LogP contribution in [0.2, 0.25) is 0 Å². The largest absolute Gasteiger partial charge is 0.326 e. The van der Waals surface area contributed by atoms with Crippen molar-refractivity contribution in [3.8, 4) is 22.4 Å². The molecular formula is C25H21N5O. The minimum Gasteiger partial charge on any atom is -0.326 e. The summed E-state index contributed by atoms with van der Waals surface area (Å²) in [5.74, 6) is -0.0353. The van der Waals surface area contributed by atoms with E-state index in [-0.39, 0.29) is 5.91 Å². The van der Waals surface area contributed by atoms with Crippen LogP contribution in [0.15, 0.2) is 91.6 Å². The lowest BCUT2D eigenvalue weighted by Gasteiger charge is -2.08. The van der Waals surface area contributed by atoms with Crippen LogP contribution >= 0.6 is 0 Å². The van der Waals surface area contributed by atoms with Gasteiger partial charge >= 0.3 is 0 Å². The molecule has 6 nitrogen and oxygen atoms in total. The van der Waals surface area contributed by atoms with E-state index >= 15 is 0 Å². The van der Waals surface area contributed by atoms with Crippen LogP contribution < -0.4 is 5.32 Å². The zero-order valence-electron chi connectivity index (χ0n) is 17.1. The van der Waals surface area contributed by atoms with E-state index in [1.807, 2.05) is 80.2 Å². The van der Waals surface area contributed by atoms with Crippen molar-refractivity contribution in [1.29, 1.82) is 0 Å². The van der Waals surface area contributed by atoms with E-state index in [2.05, 4.69) is 32.1 Å². The number of amides is 1. The van der Waals surface area contributed by atoms with Crippen LogP contribution in [0.1, 0.15) is 5.56 Å². The maximum Gasteiger partial charge on any atom is 0.228 e. The van der Waals surface area contributed by atoms with Crippen molar-refractivity contribution in [2.75, 3.05) is 5.32 Å². The number of nitrogens with one attached hydrogen (secondary N) is 1. The van der Waals surface area contributed by atoms with E-state index in [4.69, 9.17) is 0 Å². The molecule has 31 heavy (non-hydrogen) atoms. The minimum atomic E-state index is -0.0353. The van der Waals surface area contributed by atoms with Crippen molar-refractivity contribution < 1.29 is 4.79 Å². The summed E-state index contributed by atoms with van der Waals surface area (Å²) in [6, 6.07) is 19.6. The molecule has 6 heteroatoms. The van der Waals surface area contributed by atoms with Gasteiger partial charge in [0.15, 0.2) is 0 Å².